The lowest BCUT2D eigenvalue weighted by molar-refractivity contribution is 0.188. The van der Waals surface area contributed by atoms with Gasteiger partial charge in [-0.25, -0.2) is 9.37 Å². The summed E-state index contributed by atoms with van der Waals surface area (Å²) in [6.45, 7) is 1.31. The number of nitrogens with zero attached hydrogens (tertiary/aromatic N) is 2. The standard InChI is InChI=1S/C12H14FN3O/c1-17-8-7-16-6-5-14-12(16)15-11-4-2-3-10(13)9-11/h2-6,9H,7-8H2,1H3,(H,14,15). The van der Waals surface area contributed by atoms with Crippen LogP contribution in [-0.2, 0) is 11.3 Å². The van der Waals surface area contributed by atoms with Gasteiger partial charge in [0, 0.05) is 31.7 Å². The lowest BCUT2D eigenvalue weighted by Crippen LogP contribution is -2.07. The van der Waals surface area contributed by atoms with Gasteiger partial charge < -0.3 is 14.6 Å². The van der Waals surface area contributed by atoms with E-state index < -0.39 is 0 Å². The van der Waals surface area contributed by atoms with Crippen molar-refractivity contribution in [1.29, 1.82) is 0 Å². The van der Waals surface area contributed by atoms with Gasteiger partial charge in [-0.2, -0.15) is 0 Å². The van der Waals surface area contributed by atoms with E-state index in [0.29, 0.717) is 24.8 Å². The minimum atomic E-state index is -0.273. The average Bonchev–Trinajstić information content (AvgIpc) is 2.74. The molecule has 0 spiro atoms. The monoisotopic (exact) mass is 235 g/mol. The number of hydrogen-bond donors (Lipinski definition) is 1. The summed E-state index contributed by atoms with van der Waals surface area (Å²) in [5, 5.41) is 3.06. The van der Waals surface area contributed by atoms with Gasteiger partial charge >= 0.3 is 0 Å². The second-order valence-corrected chi connectivity index (χ2v) is 3.57. The van der Waals surface area contributed by atoms with Crippen molar-refractivity contribution in [1.82, 2.24) is 9.55 Å². The largest absolute Gasteiger partial charge is 0.383 e. The second kappa shape index (κ2) is 5.45. The summed E-state index contributed by atoms with van der Waals surface area (Å²) in [5.41, 5.74) is 0.676. The molecule has 0 unspecified atom stereocenters. The molecule has 5 heteroatoms. The highest BCUT2D eigenvalue weighted by molar-refractivity contribution is 5.53. The van der Waals surface area contributed by atoms with Crippen molar-refractivity contribution < 1.29 is 9.13 Å². The molecule has 1 aromatic heterocycles. The molecule has 0 amide bonds. The first kappa shape index (κ1) is 11.6. The summed E-state index contributed by atoms with van der Waals surface area (Å²) < 4.78 is 19.9. The van der Waals surface area contributed by atoms with Crippen molar-refractivity contribution in [3.63, 3.8) is 0 Å². The van der Waals surface area contributed by atoms with E-state index in [1.165, 1.54) is 12.1 Å². The Morgan fingerprint density at radius 3 is 3.12 bits per heavy atom. The molecule has 0 saturated carbocycles. The van der Waals surface area contributed by atoms with Crippen LogP contribution in [0.25, 0.3) is 0 Å². The van der Waals surface area contributed by atoms with Crippen molar-refractivity contribution in [3.05, 3.63) is 42.5 Å². The van der Waals surface area contributed by atoms with Crippen LogP contribution in [-0.4, -0.2) is 23.3 Å². The molecule has 0 aliphatic rings. The van der Waals surface area contributed by atoms with E-state index in [1.54, 1.807) is 25.4 Å². The zero-order valence-corrected chi connectivity index (χ0v) is 9.56. The molecule has 0 aliphatic heterocycles. The van der Waals surface area contributed by atoms with Gasteiger partial charge in [-0.05, 0) is 18.2 Å². The number of rotatable bonds is 5. The molecule has 0 radical (unpaired) electrons. The minimum Gasteiger partial charge on any atom is -0.383 e. The molecule has 0 atom stereocenters. The van der Waals surface area contributed by atoms with E-state index in [0.717, 1.165) is 0 Å². The Balaban J connectivity index is 2.10. The van der Waals surface area contributed by atoms with Gasteiger partial charge in [0.05, 0.1) is 6.61 Å². The summed E-state index contributed by atoms with van der Waals surface area (Å²) >= 11 is 0. The van der Waals surface area contributed by atoms with Crippen LogP contribution in [0.1, 0.15) is 0 Å². The number of benzene rings is 1. The Morgan fingerprint density at radius 1 is 1.47 bits per heavy atom. The lowest BCUT2D eigenvalue weighted by atomic mass is 10.3. The minimum absolute atomic E-state index is 0.273. The Hall–Kier alpha value is -1.88. The van der Waals surface area contributed by atoms with E-state index in [2.05, 4.69) is 10.3 Å². The van der Waals surface area contributed by atoms with Crippen LogP contribution in [0.4, 0.5) is 16.0 Å². The third-order valence-corrected chi connectivity index (χ3v) is 2.33. The van der Waals surface area contributed by atoms with E-state index in [4.69, 9.17) is 4.74 Å². The van der Waals surface area contributed by atoms with Gasteiger partial charge in [0.25, 0.3) is 0 Å². The van der Waals surface area contributed by atoms with E-state index in [1.807, 2.05) is 10.8 Å². The SMILES string of the molecule is COCCn1ccnc1Nc1cccc(F)c1. The zero-order valence-electron chi connectivity index (χ0n) is 9.56. The quantitative estimate of drug-likeness (QED) is 0.865. The first-order valence-electron chi connectivity index (χ1n) is 5.32. The third kappa shape index (κ3) is 3.04. The highest BCUT2D eigenvalue weighted by atomic mass is 19.1. The maximum absolute atomic E-state index is 13.0. The van der Waals surface area contributed by atoms with Gasteiger partial charge in [-0.3, -0.25) is 0 Å². The molecule has 1 aromatic carbocycles. The zero-order chi connectivity index (χ0) is 12.1. The van der Waals surface area contributed by atoms with Crippen LogP contribution in [0, 0.1) is 5.82 Å². The van der Waals surface area contributed by atoms with Crippen molar-refractivity contribution >= 4 is 11.6 Å². The summed E-state index contributed by atoms with van der Waals surface area (Å²) in [5.74, 6) is 0.401. The fourth-order valence-corrected chi connectivity index (χ4v) is 1.50. The van der Waals surface area contributed by atoms with Crippen molar-refractivity contribution in [2.75, 3.05) is 19.0 Å². The van der Waals surface area contributed by atoms with Gasteiger partial charge in [0.2, 0.25) is 5.95 Å². The Labute approximate surface area is 99.1 Å². The lowest BCUT2D eigenvalue weighted by Gasteiger charge is -2.09. The Morgan fingerprint density at radius 2 is 2.35 bits per heavy atom. The van der Waals surface area contributed by atoms with Crippen LogP contribution in [0.3, 0.4) is 0 Å². The number of imidazole rings is 1. The van der Waals surface area contributed by atoms with Gasteiger partial charge in [-0.1, -0.05) is 6.07 Å². The van der Waals surface area contributed by atoms with Crippen LogP contribution < -0.4 is 5.32 Å². The number of methoxy groups -OCH3 is 1. The molecule has 1 N–H and O–H groups in total. The first-order valence-corrected chi connectivity index (χ1v) is 5.32. The second-order valence-electron chi connectivity index (χ2n) is 3.57. The van der Waals surface area contributed by atoms with Crippen molar-refractivity contribution in [2.45, 2.75) is 6.54 Å². The number of hydrogen-bond acceptors (Lipinski definition) is 3. The van der Waals surface area contributed by atoms with Crippen LogP contribution >= 0.6 is 0 Å². The van der Waals surface area contributed by atoms with Crippen LogP contribution in [0.2, 0.25) is 0 Å². The number of ether oxygens (including phenoxy) is 1. The molecule has 0 aliphatic carbocycles. The van der Waals surface area contributed by atoms with Gasteiger partial charge in [0.15, 0.2) is 0 Å². The molecule has 2 rings (SSSR count). The van der Waals surface area contributed by atoms with E-state index >= 15 is 0 Å². The molecule has 0 saturated heterocycles. The number of aromatic nitrogens is 2. The molecule has 0 bridgehead atoms. The smallest absolute Gasteiger partial charge is 0.207 e. The summed E-state index contributed by atoms with van der Waals surface area (Å²) in [6.07, 6.45) is 3.54. The number of halogens is 1. The normalized spacial score (nSPS) is 10.5. The molecule has 2 aromatic rings. The van der Waals surface area contributed by atoms with Gasteiger partial charge in [0.1, 0.15) is 5.82 Å². The van der Waals surface area contributed by atoms with Crippen molar-refractivity contribution in [2.24, 2.45) is 0 Å². The average molecular weight is 235 g/mol. The fourth-order valence-electron chi connectivity index (χ4n) is 1.50. The Kier molecular flexibility index (Phi) is 3.72. The number of anilines is 2. The molecule has 4 nitrogen and oxygen atoms in total. The molecule has 0 fully saturated rings. The van der Waals surface area contributed by atoms with Crippen LogP contribution in [0.15, 0.2) is 36.7 Å². The van der Waals surface area contributed by atoms with Crippen LogP contribution in [0.5, 0.6) is 0 Å². The molecule has 1 heterocycles. The number of nitrogens with one attached hydrogen (secondary N) is 1. The van der Waals surface area contributed by atoms with E-state index in [-0.39, 0.29) is 5.82 Å². The molecular formula is C12H14FN3O. The molecule has 17 heavy (non-hydrogen) atoms. The predicted molar refractivity (Wildman–Crippen MR) is 63.8 cm³/mol. The van der Waals surface area contributed by atoms with E-state index in [9.17, 15) is 4.39 Å². The topological polar surface area (TPSA) is 39.1 Å². The maximum Gasteiger partial charge on any atom is 0.207 e. The fraction of sp³-hybridized carbons (Fsp3) is 0.250. The molecular weight excluding hydrogens is 221 g/mol. The summed E-state index contributed by atoms with van der Waals surface area (Å²) in [6, 6.07) is 6.27. The molecule has 90 valence electrons. The highest BCUT2D eigenvalue weighted by Crippen LogP contribution is 2.15. The van der Waals surface area contributed by atoms with Gasteiger partial charge in [-0.15, -0.1) is 0 Å². The highest BCUT2D eigenvalue weighted by Gasteiger charge is 2.03. The van der Waals surface area contributed by atoms with Crippen molar-refractivity contribution in [3.8, 4) is 0 Å². The first-order chi connectivity index (χ1) is 8.29. The summed E-state index contributed by atoms with van der Waals surface area (Å²) in [7, 11) is 1.65. The Bertz CT molecular complexity index is 484. The summed E-state index contributed by atoms with van der Waals surface area (Å²) in [4.78, 5) is 4.17. The maximum atomic E-state index is 13.0. The predicted octanol–water partition coefficient (Wildman–Crippen LogP) is 2.41. The third-order valence-electron chi connectivity index (χ3n) is 2.33.